The number of nitrogens with one attached hydrogen (secondary N) is 1. The molecule has 2 aliphatic rings. The molecule has 130 valence electrons. The molecular weight excluding hydrogens is 302 g/mol. The fraction of sp³-hybridized carbons (Fsp3) is 1.00. The summed E-state index contributed by atoms with van der Waals surface area (Å²) < 4.78 is 10.5. The molecule has 0 aromatic heterocycles. The van der Waals surface area contributed by atoms with Crippen LogP contribution in [0.5, 0.6) is 0 Å². The summed E-state index contributed by atoms with van der Waals surface area (Å²) >= 11 is 0. The van der Waals surface area contributed by atoms with Crippen LogP contribution >= 0.6 is 0 Å². The van der Waals surface area contributed by atoms with Gasteiger partial charge in [0, 0.05) is 13.1 Å². The van der Waals surface area contributed by atoms with Gasteiger partial charge < -0.3 is 50.5 Å². The molecule has 2 heterocycles. The first-order valence-electron chi connectivity index (χ1n) is 7.07. The minimum atomic E-state index is -1.65. The van der Waals surface area contributed by atoms with Gasteiger partial charge >= 0.3 is 0 Å². The van der Waals surface area contributed by atoms with E-state index in [-0.39, 0.29) is 13.1 Å². The minimum Gasteiger partial charge on any atom is -0.394 e. The number of aliphatic hydroxyl groups excluding tert-OH is 7. The minimum absolute atomic E-state index is 0.0379. The lowest BCUT2D eigenvalue weighted by Crippen LogP contribution is -2.61. The molecule has 2 fully saturated rings. The Hall–Kier alpha value is -0.400. The molecule has 0 aromatic rings. The van der Waals surface area contributed by atoms with Crippen LogP contribution in [0.4, 0.5) is 0 Å². The highest BCUT2D eigenvalue weighted by Gasteiger charge is 2.47. The molecule has 0 bridgehead atoms. The van der Waals surface area contributed by atoms with Gasteiger partial charge in [0.1, 0.15) is 36.6 Å². The monoisotopic (exact) mass is 325 g/mol. The summed E-state index contributed by atoms with van der Waals surface area (Å²) in [5.74, 6) is 0. The van der Waals surface area contributed by atoms with E-state index < -0.39 is 61.7 Å². The first-order valence-corrected chi connectivity index (χ1v) is 7.07. The van der Waals surface area contributed by atoms with Gasteiger partial charge in [0.05, 0.1) is 18.8 Å². The molecule has 2 aliphatic heterocycles. The molecule has 0 amide bonds. The van der Waals surface area contributed by atoms with Crippen molar-refractivity contribution < 1.29 is 45.2 Å². The highest BCUT2D eigenvalue weighted by molar-refractivity contribution is 4.92. The largest absolute Gasteiger partial charge is 0.394 e. The SMILES string of the molecule is OC[C@H]1O[C@H](O[C@H]2[C@H](O)[C@H](O)CNC[C@@H]2O)[C@H](O)[C@@H](O)[C@@H]1O. The molecule has 2 saturated heterocycles. The van der Waals surface area contributed by atoms with Crippen LogP contribution in [0, 0.1) is 0 Å². The van der Waals surface area contributed by atoms with Crippen LogP contribution in [-0.4, -0.2) is 111 Å². The maximum Gasteiger partial charge on any atom is 0.187 e. The standard InChI is InChI=1S/C12H23NO9/c14-3-6-8(18)9(19)10(20)12(21-6)22-11-5(16)2-13-1-4(15)7(11)17/h4-20H,1-3H2/t4-,5+,6-,7-,8-,9+,10-,11-,12-/m1/s1. The van der Waals surface area contributed by atoms with E-state index in [9.17, 15) is 30.6 Å². The molecule has 0 radical (unpaired) electrons. The van der Waals surface area contributed by atoms with Crippen molar-refractivity contribution in [3.63, 3.8) is 0 Å². The van der Waals surface area contributed by atoms with Gasteiger partial charge in [-0.15, -0.1) is 0 Å². The van der Waals surface area contributed by atoms with Crippen LogP contribution in [0.25, 0.3) is 0 Å². The molecule has 0 aliphatic carbocycles. The van der Waals surface area contributed by atoms with E-state index >= 15 is 0 Å². The second kappa shape index (κ2) is 7.45. The predicted molar refractivity (Wildman–Crippen MR) is 69.5 cm³/mol. The summed E-state index contributed by atoms with van der Waals surface area (Å²) in [4.78, 5) is 0. The third kappa shape index (κ3) is 3.57. The average molecular weight is 325 g/mol. The Morgan fingerprint density at radius 3 is 2.14 bits per heavy atom. The van der Waals surface area contributed by atoms with E-state index in [1.807, 2.05) is 0 Å². The Labute approximate surface area is 126 Å². The number of rotatable bonds is 3. The molecule has 0 saturated carbocycles. The normalized spacial score (nSPS) is 50.6. The van der Waals surface area contributed by atoms with Crippen molar-refractivity contribution in [1.82, 2.24) is 5.32 Å². The summed E-state index contributed by atoms with van der Waals surface area (Å²) in [7, 11) is 0. The maximum absolute atomic E-state index is 9.97. The van der Waals surface area contributed by atoms with Crippen molar-refractivity contribution in [2.45, 2.75) is 55.1 Å². The summed E-state index contributed by atoms with van der Waals surface area (Å²) in [5.41, 5.74) is 0. The zero-order valence-electron chi connectivity index (χ0n) is 11.8. The van der Waals surface area contributed by atoms with Crippen molar-refractivity contribution in [3.05, 3.63) is 0 Å². The summed E-state index contributed by atoms with van der Waals surface area (Å²) in [6.45, 7) is -0.534. The van der Waals surface area contributed by atoms with Crippen LogP contribution in [0.1, 0.15) is 0 Å². The molecular formula is C12H23NO9. The Balaban J connectivity index is 2.09. The van der Waals surface area contributed by atoms with Gasteiger partial charge in [-0.3, -0.25) is 0 Å². The molecule has 0 unspecified atom stereocenters. The quantitative estimate of drug-likeness (QED) is 0.251. The van der Waals surface area contributed by atoms with Crippen molar-refractivity contribution in [1.29, 1.82) is 0 Å². The fourth-order valence-electron chi connectivity index (χ4n) is 2.57. The van der Waals surface area contributed by atoms with E-state index in [1.54, 1.807) is 0 Å². The molecule has 0 aromatic carbocycles. The molecule has 0 spiro atoms. The van der Waals surface area contributed by atoms with Crippen LogP contribution < -0.4 is 5.32 Å². The highest BCUT2D eigenvalue weighted by atomic mass is 16.7. The van der Waals surface area contributed by atoms with Crippen molar-refractivity contribution in [2.24, 2.45) is 0 Å². The molecule has 10 nitrogen and oxygen atoms in total. The number of β-amino-alcohol motifs (C(OH)–C–C–N with tert-alkyl or cyclic N) is 2. The fourth-order valence-corrected chi connectivity index (χ4v) is 2.57. The zero-order chi connectivity index (χ0) is 16.4. The Bertz CT molecular complexity index is 357. The third-order valence-electron chi connectivity index (χ3n) is 3.96. The number of hydrogen-bond acceptors (Lipinski definition) is 10. The maximum atomic E-state index is 9.97. The van der Waals surface area contributed by atoms with Crippen molar-refractivity contribution >= 4 is 0 Å². The molecule has 2 rings (SSSR count). The van der Waals surface area contributed by atoms with E-state index in [0.717, 1.165) is 0 Å². The first kappa shape index (κ1) is 17.9. The Morgan fingerprint density at radius 2 is 1.50 bits per heavy atom. The third-order valence-corrected chi connectivity index (χ3v) is 3.96. The second-order valence-corrected chi connectivity index (χ2v) is 5.58. The van der Waals surface area contributed by atoms with Gasteiger partial charge in [-0.05, 0) is 0 Å². The van der Waals surface area contributed by atoms with E-state index in [0.29, 0.717) is 0 Å². The zero-order valence-corrected chi connectivity index (χ0v) is 11.8. The van der Waals surface area contributed by atoms with Gasteiger partial charge in [-0.1, -0.05) is 0 Å². The smallest absolute Gasteiger partial charge is 0.187 e. The second-order valence-electron chi connectivity index (χ2n) is 5.58. The van der Waals surface area contributed by atoms with Crippen LogP contribution in [-0.2, 0) is 9.47 Å². The van der Waals surface area contributed by atoms with E-state index in [2.05, 4.69) is 5.32 Å². The topological polar surface area (TPSA) is 172 Å². The lowest BCUT2D eigenvalue weighted by molar-refractivity contribution is -0.325. The van der Waals surface area contributed by atoms with Crippen LogP contribution in [0.2, 0.25) is 0 Å². The molecule has 8 N–H and O–H groups in total. The number of aliphatic hydroxyl groups is 7. The van der Waals surface area contributed by atoms with Gasteiger partial charge in [0.15, 0.2) is 6.29 Å². The summed E-state index contributed by atoms with van der Waals surface area (Å²) in [5, 5.41) is 70.7. The van der Waals surface area contributed by atoms with Gasteiger partial charge in [-0.2, -0.15) is 0 Å². The Kier molecular flexibility index (Phi) is 6.07. The molecule has 10 heteroatoms. The molecule has 22 heavy (non-hydrogen) atoms. The first-order chi connectivity index (χ1) is 10.4. The lowest BCUT2D eigenvalue weighted by atomic mass is 9.98. The van der Waals surface area contributed by atoms with E-state index in [1.165, 1.54) is 0 Å². The Morgan fingerprint density at radius 1 is 0.864 bits per heavy atom. The van der Waals surface area contributed by atoms with Gasteiger partial charge in [0.25, 0.3) is 0 Å². The number of ether oxygens (including phenoxy) is 2. The van der Waals surface area contributed by atoms with Gasteiger partial charge in [0.2, 0.25) is 0 Å². The van der Waals surface area contributed by atoms with Crippen LogP contribution in [0.3, 0.4) is 0 Å². The summed E-state index contributed by atoms with van der Waals surface area (Å²) in [6.07, 6.45) is -12.6. The highest BCUT2D eigenvalue weighted by Crippen LogP contribution is 2.25. The number of hydrogen-bond donors (Lipinski definition) is 8. The van der Waals surface area contributed by atoms with Crippen LogP contribution in [0.15, 0.2) is 0 Å². The average Bonchev–Trinajstić information content (AvgIpc) is 2.61. The molecule has 9 atom stereocenters. The lowest BCUT2D eigenvalue weighted by Gasteiger charge is -2.42. The predicted octanol–water partition coefficient (Wildman–Crippen LogP) is -5.14. The van der Waals surface area contributed by atoms with Crippen molar-refractivity contribution in [3.8, 4) is 0 Å². The van der Waals surface area contributed by atoms with Gasteiger partial charge in [-0.25, -0.2) is 0 Å². The van der Waals surface area contributed by atoms with Crippen molar-refractivity contribution in [2.75, 3.05) is 19.7 Å². The van der Waals surface area contributed by atoms with E-state index in [4.69, 9.17) is 14.6 Å². The summed E-state index contributed by atoms with van der Waals surface area (Å²) in [6, 6.07) is 0.